The molecule has 0 bridgehead atoms. The van der Waals surface area contributed by atoms with Gasteiger partial charge in [0.25, 0.3) is 0 Å². The van der Waals surface area contributed by atoms with Crippen LogP contribution in [0.5, 0.6) is 5.75 Å². The van der Waals surface area contributed by atoms with Gasteiger partial charge in [-0.1, -0.05) is 6.58 Å². The predicted octanol–water partition coefficient (Wildman–Crippen LogP) is 3.41. The average molecular weight is 332 g/mol. The largest absolute Gasteiger partial charge is 0.507 e. The minimum atomic E-state index is 0.180. The third-order valence-electron chi connectivity index (χ3n) is 4.84. The maximum absolute atomic E-state index is 10.3. The van der Waals surface area contributed by atoms with Crippen LogP contribution in [0.25, 0.3) is 27.6 Å². The van der Waals surface area contributed by atoms with Crippen molar-refractivity contribution in [3.63, 3.8) is 0 Å². The predicted molar refractivity (Wildman–Crippen MR) is 99.1 cm³/mol. The summed E-state index contributed by atoms with van der Waals surface area (Å²) in [5, 5.41) is 15.6. The van der Waals surface area contributed by atoms with Gasteiger partial charge in [-0.25, -0.2) is 0 Å². The zero-order chi connectivity index (χ0) is 17.2. The molecule has 1 aliphatic rings. The molecule has 1 aliphatic heterocycles. The highest BCUT2D eigenvalue weighted by atomic mass is 16.3. The Morgan fingerprint density at radius 1 is 1.08 bits per heavy atom. The molecular weight excluding hydrogens is 312 g/mol. The van der Waals surface area contributed by atoms with Crippen molar-refractivity contribution in [2.75, 3.05) is 13.1 Å². The average Bonchev–Trinajstić information content (AvgIpc) is 2.68. The number of phenolic OH excluding ortho intramolecular Hbond substituents is 1. The highest BCUT2D eigenvalue weighted by molar-refractivity contribution is 5.89. The fourth-order valence-electron chi connectivity index (χ4n) is 3.34. The van der Waals surface area contributed by atoms with E-state index in [1.165, 1.54) is 0 Å². The van der Waals surface area contributed by atoms with Gasteiger partial charge in [0.1, 0.15) is 5.75 Å². The number of benzene rings is 1. The molecule has 5 heteroatoms. The van der Waals surface area contributed by atoms with Crippen molar-refractivity contribution in [3.05, 3.63) is 55.3 Å². The van der Waals surface area contributed by atoms with Crippen molar-refractivity contribution >= 4 is 16.3 Å². The van der Waals surface area contributed by atoms with Crippen molar-refractivity contribution in [1.29, 1.82) is 0 Å². The van der Waals surface area contributed by atoms with Crippen molar-refractivity contribution in [3.8, 4) is 17.0 Å². The van der Waals surface area contributed by atoms with E-state index in [1.807, 2.05) is 12.1 Å². The molecule has 2 N–H and O–H groups in total. The van der Waals surface area contributed by atoms with E-state index in [4.69, 9.17) is 0 Å². The number of fused-ring (bicyclic) bond motifs is 1. The topological polar surface area (TPSA) is 70.9 Å². The van der Waals surface area contributed by atoms with E-state index in [-0.39, 0.29) is 5.75 Å². The molecule has 5 nitrogen and oxygen atoms in total. The van der Waals surface area contributed by atoms with Gasteiger partial charge in [0.2, 0.25) is 0 Å². The summed E-state index contributed by atoms with van der Waals surface area (Å²) in [5.41, 5.74) is 3.21. The van der Waals surface area contributed by atoms with E-state index >= 15 is 0 Å². The molecule has 4 rings (SSSR count). The van der Waals surface area contributed by atoms with Gasteiger partial charge in [0.05, 0.1) is 23.8 Å². The van der Waals surface area contributed by atoms with Crippen molar-refractivity contribution < 1.29 is 5.11 Å². The van der Waals surface area contributed by atoms with E-state index in [0.717, 1.165) is 48.0 Å². The highest BCUT2D eigenvalue weighted by Crippen LogP contribution is 2.32. The summed E-state index contributed by atoms with van der Waals surface area (Å²) < 4.78 is 0. The Hall–Kier alpha value is -2.79. The van der Waals surface area contributed by atoms with Crippen LogP contribution in [0.2, 0.25) is 0 Å². The molecule has 0 atom stereocenters. The summed E-state index contributed by atoms with van der Waals surface area (Å²) in [6.07, 6.45) is 9.11. The Labute approximate surface area is 146 Å². The molecule has 0 amide bonds. The van der Waals surface area contributed by atoms with Gasteiger partial charge in [-0.05, 0) is 61.0 Å². The van der Waals surface area contributed by atoms with Crippen molar-refractivity contribution in [1.82, 2.24) is 20.3 Å². The van der Waals surface area contributed by atoms with Gasteiger partial charge in [0.15, 0.2) is 0 Å². The first-order valence-electron chi connectivity index (χ1n) is 8.51. The van der Waals surface area contributed by atoms with Gasteiger partial charge in [-0.3, -0.25) is 15.0 Å². The van der Waals surface area contributed by atoms with E-state index in [9.17, 15) is 5.11 Å². The normalized spacial score (nSPS) is 15.4. The molecule has 2 aromatic heterocycles. The number of nitrogens with one attached hydrogen (secondary N) is 1. The van der Waals surface area contributed by atoms with Crippen molar-refractivity contribution in [2.45, 2.75) is 12.8 Å². The van der Waals surface area contributed by atoms with Crippen LogP contribution >= 0.6 is 0 Å². The Morgan fingerprint density at radius 2 is 1.92 bits per heavy atom. The molecule has 0 spiro atoms. The van der Waals surface area contributed by atoms with Crippen LogP contribution in [0.3, 0.4) is 0 Å². The first kappa shape index (κ1) is 15.7. The molecule has 3 aromatic rings. The zero-order valence-corrected chi connectivity index (χ0v) is 13.9. The number of piperidine rings is 1. The molecule has 126 valence electrons. The van der Waals surface area contributed by atoms with Crippen LogP contribution in [0.4, 0.5) is 0 Å². The summed E-state index contributed by atoms with van der Waals surface area (Å²) in [7, 11) is 0. The molecule has 1 fully saturated rings. The monoisotopic (exact) mass is 332 g/mol. The summed E-state index contributed by atoms with van der Waals surface area (Å²) in [6.45, 7) is 6.27. The smallest absolute Gasteiger partial charge is 0.125 e. The Kier molecular flexibility index (Phi) is 4.15. The second-order valence-corrected chi connectivity index (χ2v) is 6.43. The Morgan fingerprint density at radius 3 is 2.68 bits per heavy atom. The maximum Gasteiger partial charge on any atom is 0.125 e. The van der Waals surface area contributed by atoms with Gasteiger partial charge in [-0.15, -0.1) is 0 Å². The van der Waals surface area contributed by atoms with Gasteiger partial charge >= 0.3 is 0 Å². The minimum absolute atomic E-state index is 0.180. The summed E-state index contributed by atoms with van der Waals surface area (Å²) in [5.74, 6) is 0.641. The number of aromatic nitrogens is 3. The van der Waals surface area contributed by atoms with E-state index < -0.39 is 0 Å². The second kappa shape index (κ2) is 6.61. The third-order valence-corrected chi connectivity index (χ3v) is 4.84. The van der Waals surface area contributed by atoms with E-state index in [2.05, 4.69) is 26.8 Å². The molecule has 3 heterocycles. The Balaban J connectivity index is 1.64. The molecule has 1 aromatic carbocycles. The van der Waals surface area contributed by atoms with Gasteiger partial charge < -0.3 is 10.4 Å². The first-order valence-corrected chi connectivity index (χ1v) is 8.51. The molecule has 0 saturated carbocycles. The third kappa shape index (κ3) is 3.10. The number of pyridine rings is 1. The number of hydrogen-bond acceptors (Lipinski definition) is 5. The van der Waals surface area contributed by atoms with Gasteiger partial charge in [-0.2, -0.15) is 0 Å². The number of rotatable bonds is 3. The minimum Gasteiger partial charge on any atom is -0.507 e. The fraction of sp³-hybridized carbons (Fsp3) is 0.250. The quantitative estimate of drug-likeness (QED) is 0.769. The standard InChI is InChI=1S/C20H20N4O/c1-13(14-2-5-21-6-3-14)18-11-24-19(12-23-18)17-8-15-4-7-22-10-16(15)9-20(17)25/h4,7-12,14,21,25H,1-3,5-6H2. The number of aromatic hydroxyl groups is 1. The molecule has 0 radical (unpaired) electrons. The summed E-state index contributed by atoms with van der Waals surface area (Å²) >= 11 is 0. The molecule has 25 heavy (non-hydrogen) atoms. The van der Waals surface area contributed by atoms with Crippen LogP contribution in [-0.2, 0) is 0 Å². The lowest BCUT2D eigenvalue weighted by Crippen LogP contribution is -2.28. The number of allylic oxidation sites excluding steroid dienone is 1. The van der Waals surface area contributed by atoms with Crippen LogP contribution in [0.1, 0.15) is 18.5 Å². The number of phenols is 1. The lowest BCUT2D eigenvalue weighted by atomic mass is 9.89. The molecule has 1 saturated heterocycles. The summed E-state index contributed by atoms with van der Waals surface area (Å²) in [6, 6.07) is 5.54. The van der Waals surface area contributed by atoms with Crippen LogP contribution < -0.4 is 5.32 Å². The van der Waals surface area contributed by atoms with E-state index in [0.29, 0.717) is 17.2 Å². The van der Waals surface area contributed by atoms with Crippen LogP contribution in [0.15, 0.2) is 49.6 Å². The fourth-order valence-corrected chi connectivity index (χ4v) is 3.34. The lowest BCUT2D eigenvalue weighted by Gasteiger charge is -2.24. The Bertz CT molecular complexity index is 915. The molecule has 0 aliphatic carbocycles. The first-order chi connectivity index (χ1) is 12.2. The second-order valence-electron chi connectivity index (χ2n) is 6.43. The molecular formula is C20H20N4O. The van der Waals surface area contributed by atoms with Crippen LogP contribution in [0, 0.1) is 5.92 Å². The van der Waals surface area contributed by atoms with Gasteiger partial charge in [0, 0.05) is 23.3 Å². The summed E-state index contributed by atoms with van der Waals surface area (Å²) in [4.78, 5) is 13.1. The number of nitrogens with zero attached hydrogens (tertiary/aromatic N) is 3. The SMILES string of the molecule is C=C(c1cnc(-c2cc3ccncc3cc2O)cn1)C1CCNCC1. The molecule has 0 unspecified atom stereocenters. The van der Waals surface area contributed by atoms with E-state index in [1.54, 1.807) is 30.9 Å². The zero-order valence-electron chi connectivity index (χ0n) is 13.9. The van der Waals surface area contributed by atoms with Crippen LogP contribution in [-0.4, -0.2) is 33.1 Å². The maximum atomic E-state index is 10.3. The van der Waals surface area contributed by atoms with Crippen molar-refractivity contribution in [2.24, 2.45) is 5.92 Å². The lowest BCUT2D eigenvalue weighted by molar-refractivity contribution is 0.446. The number of hydrogen-bond donors (Lipinski definition) is 2. The highest BCUT2D eigenvalue weighted by Gasteiger charge is 2.18.